The lowest BCUT2D eigenvalue weighted by Gasteiger charge is -2.11. The summed E-state index contributed by atoms with van der Waals surface area (Å²) in [4.78, 5) is 15.5. The summed E-state index contributed by atoms with van der Waals surface area (Å²) in [6, 6.07) is 3.71. The van der Waals surface area contributed by atoms with E-state index in [9.17, 15) is 9.18 Å². The smallest absolute Gasteiger partial charge is 0.328 e. The van der Waals surface area contributed by atoms with Crippen molar-refractivity contribution in [3.05, 3.63) is 33.6 Å². The van der Waals surface area contributed by atoms with Gasteiger partial charge < -0.3 is 4.74 Å². The highest BCUT2D eigenvalue weighted by atomic mass is 35.5. The molecule has 0 N–H and O–H groups in total. The summed E-state index contributed by atoms with van der Waals surface area (Å²) in [5.74, 6) is -2.40. The van der Waals surface area contributed by atoms with Crippen LogP contribution >= 0.6 is 23.2 Å². The summed E-state index contributed by atoms with van der Waals surface area (Å²) in [5.41, 5.74) is 0.412. The topological polar surface area (TPSA) is 62.5 Å². The molecule has 0 radical (unpaired) electrons. The van der Waals surface area contributed by atoms with Crippen LogP contribution in [-0.2, 0) is 9.53 Å². The first kappa shape index (κ1) is 17.4. The zero-order valence-corrected chi connectivity index (χ0v) is 13.0. The molecular formula is C14H13Cl2FN2O2. The molecule has 0 unspecified atom stereocenters. The average molecular weight is 331 g/mol. The van der Waals surface area contributed by atoms with Gasteiger partial charge >= 0.3 is 5.97 Å². The van der Waals surface area contributed by atoms with Crippen LogP contribution in [0.4, 0.5) is 4.39 Å². The van der Waals surface area contributed by atoms with Crippen molar-refractivity contribution in [2.24, 2.45) is 10.9 Å². The van der Waals surface area contributed by atoms with Crippen molar-refractivity contribution in [3.63, 3.8) is 0 Å². The summed E-state index contributed by atoms with van der Waals surface area (Å²) in [7, 11) is 0. The van der Waals surface area contributed by atoms with Crippen molar-refractivity contribution in [1.82, 2.24) is 0 Å². The van der Waals surface area contributed by atoms with Gasteiger partial charge in [0.2, 0.25) is 0 Å². The second-order valence-electron chi connectivity index (χ2n) is 4.12. The number of hydrogen-bond acceptors (Lipinski definition) is 4. The average Bonchev–Trinajstić information content (AvgIpc) is 2.43. The van der Waals surface area contributed by atoms with Crippen LogP contribution in [0.2, 0.25) is 10.0 Å². The Kier molecular flexibility index (Phi) is 6.60. The molecule has 7 heteroatoms. The fourth-order valence-corrected chi connectivity index (χ4v) is 2.07. The molecule has 0 aliphatic rings. The van der Waals surface area contributed by atoms with E-state index in [1.165, 1.54) is 18.3 Å². The molecule has 0 fully saturated rings. The maximum atomic E-state index is 13.4. The summed E-state index contributed by atoms with van der Waals surface area (Å²) in [6.07, 6.45) is 1.17. The van der Waals surface area contributed by atoms with Gasteiger partial charge in [-0.3, -0.25) is 9.79 Å². The molecule has 0 bridgehead atoms. The molecule has 0 saturated carbocycles. The van der Waals surface area contributed by atoms with Crippen LogP contribution in [0, 0.1) is 23.1 Å². The number of nitrogens with zero attached hydrogens (tertiary/aromatic N) is 2. The lowest BCUT2D eigenvalue weighted by Crippen LogP contribution is -2.17. The highest BCUT2D eigenvalue weighted by Gasteiger charge is 2.18. The second kappa shape index (κ2) is 7.96. The van der Waals surface area contributed by atoms with Gasteiger partial charge in [-0.25, -0.2) is 4.39 Å². The van der Waals surface area contributed by atoms with Crippen molar-refractivity contribution in [3.8, 4) is 6.07 Å². The van der Waals surface area contributed by atoms with Gasteiger partial charge in [-0.05, 0) is 31.5 Å². The molecule has 4 nitrogen and oxygen atoms in total. The third kappa shape index (κ3) is 4.69. The quantitative estimate of drug-likeness (QED) is 0.466. The zero-order chi connectivity index (χ0) is 16.0. The van der Waals surface area contributed by atoms with Gasteiger partial charge in [0.1, 0.15) is 5.82 Å². The van der Waals surface area contributed by atoms with Crippen LogP contribution in [0.15, 0.2) is 17.1 Å². The summed E-state index contributed by atoms with van der Waals surface area (Å²) < 4.78 is 18.2. The number of carbonyl (C=O) groups is 1. The first-order valence-electron chi connectivity index (χ1n) is 6.14. The first-order chi connectivity index (χ1) is 9.90. The minimum Gasteiger partial charge on any atom is -0.465 e. The van der Waals surface area contributed by atoms with Gasteiger partial charge in [-0.15, -0.1) is 0 Å². The number of rotatable bonds is 5. The zero-order valence-electron chi connectivity index (χ0n) is 11.4. The number of benzene rings is 1. The van der Waals surface area contributed by atoms with Crippen LogP contribution in [0.25, 0.3) is 0 Å². The van der Waals surface area contributed by atoms with Gasteiger partial charge in [0.25, 0.3) is 0 Å². The van der Waals surface area contributed by atoms with Crippen molar-refractivity contribution < 1.29 is 13.9 Å². The van der Waals surface area contributed by atoms with Crippen LogP contribution in [0.3, 0.4) is 0 Å². The van der Waals surface area contributed by atoms with Crippen molar-refractivity contribution >= 4 is 35.4 Å². The van der Waals surface area contributed by atoms with E-state index in [1.807, 2.05) is 0 Å². The molecule has 1 rings (SSSR count). The molecule has 0 amide bonds. The third-order valence-electron chi connectivity index (χ3n) is 2.63. The maximum Gasteiger partial charge on any atom is 0.328 e. The number of nitriles is 1. The van der Waals surface area contributed by atoms with E-state index in [0.717, 1.165) is 0 Å². The fraction of sp³-hybridized carbons (Fsp3) is 0.357. The molecule has 21 heavy (non-hydrogen) atoms. The monoisotopic (exact) mass is 330 g/mol. The number of halogens is 3. The van der Waals surface area contributed by atoms with Gasteiger partial charge in [0.05, 0.1) is 23.7 Å². The molecule has 0 aromatic heterocycles. The van der Waals surface area contributed by atoms with Crippen molar-refractivity contribution in [1.29, 1.82) is 5.26 Å². The number of esters is 1. The highest BCUT2D eigenvalue weighted by Crippen LogP contribution is 2.30. The molecular weight excluding hydrogens is 318 g/mol. The number of ether oxygens (including phenoxy) is 1. The van der Waals surface area contributed by atoms with Crippen LogP contribution in [0.1, 0.15) is 25.5 Å². The minimum absolute atomic E-state index is 0.0821. The van der Waals surface area contributed by atoms with Gasteiger partial charge in [0.15, 0.2) is 5.92 Å². The SMILES string of the molecule is CCOC(=O)[C@@H](C#N)C=N[C@H](C)c1cc(F)c(Cl)cc1Cl. The standard InChI is InChI=1S/C14H13Cl2FN2O2/c1-3-21-14(20)9(6-18)7-19-8(2)10-4-13(17)12(16)5-11(10)15/h4-5,7-9H,3H2,1-2H3/t8-,9+/m1/s1. The van der Waals surface area contributed by atoms with Crippen LogP contribution in [0.5, 0.6) is 0 Å². The van der Waals surface area contributed by atoms with Crippen molar-refractivity contribution in [2.75, 3.05) is 6.61 Å². The lowest BCUT2D eigenvalue weighted by atomic mass is 10.1. The van der Waals surface area contributed by atoms with E-state index < -0.39 is 23.7 Å². The molecule has 112 valence electrons. The fourth-order valence-electron chi connectivity index (χ4n) is 1.53. The summed E-state index contributed by atoms with van der Waals surface area (Å²) in [6.45, 7) is 3.47. The largest absolute Gasteiger partial charge is 0.465 e. The Morgan fingerprint density at radius 3 is 2.76 bits per heavy atom. The number of hydrogen-bond donors (Lipinski definition) is 0. The van der Waals surface area contributed by atoms with E-state index in [1.54, 1.807) is 19.9 Å². The van der Waals surface area contributed by atoms with E-state index in [4.69, 9.17) is 33.2 Å². The normalized spacial score (nSPS) is 13.7. The molecule has 2 atom stereocenters. The van der Waals surface area contributed by atoms with Gasteiger partial charge in [-0.2, -0.15) is 5.26 Å². The number of carbonyl (C=O) groups excluding carboxylic acids is 1. The van der Waals surface area contributed by atoms with Gasteiger partial charge in [-0.1, -0.05) is 23.2 Å². The molecule has 0 heterocycles. The minimum atomic E-state index is -1.11. The Bertz CT molecular complexity index is 599. The Balaban J connectivity index is 2.92. The van der Waals surface area contributed by atoms with Gasteiger partial charge in [0, 0.05) is 11.2 Å². The van der Waals surface area contributed by atoms with Crippen molar-refractivity contribution in [2.45, 2.75) is 19.9 Å². The molecule has 1 aromatic rings. The molecule has 0 spiro atoms. The first-order valence-corrected chi connectivity index (χ1v) is 6.90. The Morgan fingerprint density at radius 1 is 1.52 bits per heavy atom. The Labute approximate surface area is 132 Å². The maximum absolute atomic E-state index is 13.4. The highest BCUT2D eigenvalue weighted by molar-refractivity contribution is 6.35. The Morgan fingerprint density at radius 2 is 2.19 bits per heavy atom. The Hall–Kier alpha value is -1.64. The molecule has 0 aliphatic carbocycles. The summed E-state index contributed by atoms with van der Waals surface area (Å²) in [5, 5.41) is 9.07. The van der Waals surface area contributed by atoms with Crippen LogP contribution in [-0.4, -0.2) is 18.8 Å². The molecule has 1 aromatic carbocycles. The molecule has 0 aliphatic heterocycles. The lowest BCUT2D eigenvalue weighted by molar-refractivity contribution is -0.143. The number of aliphatic imine (C=N–C) groups is 1. The summed E-state index contributed by atoms with van der Waals surface area (Å²) >= 11 is 11.6. The predicted molar refractivity (Wildman–Crippen MR) is 79.1 cm³/mol. The van der Waals surface area contributed by atoms with E-state index >= 15 is 0 Å². The second-order valence-corrected chi connectivity index (χ2v) is 4.94. The van der Waals surface area contributed by atoms with E-state index in [-0.39, 0.29) is 16.7 Å². The van der Waals surface area contributed by atoms with E-state index in [2.05, 4.69) is 4.99 Å². The molecule has 0 saturated heterocycles. The third-order valence-corrected chi connectivity index (χ3v) is 3.25. The van der Waals surface area contributed by atoms with E-state index in [0.29, 0.717) is 5.56 Å². The predicted octanol–water partition coefficient (Wildman–Crippen LogP) is 3.97. The van der Waals surface area contributed by atoms with Crippen LogP contribution < -0.4 is 0 Å².